The monoisotopic (exact) mass is 358 g/mol. The van der Waals surface area contributed by atoms with Gasteiger partial charge in [0.1, 0.15) is 0 Å². The number of hydrogen-bond donors (Lipinski definition) is 0. The first-order valence-corrected chi connectivity index (χ1v) is 9.48. The molecule has 0 N–H and O–H groups in total. The summed E-state index contributed by atoms with van der Waals surface area (Å²) >= 11 is 0. The van der Waals surface area contributed by atoms with Crippen LogP contribution < -0.4 is 4.90 Å². The van der Waals surface area contributed by atoms with E-state index in [2.05, 4.69) is 18.7 Å². The van der Waals surface area contributed by atoms with Gasteiger partial charge >= 0.3 is 0 Å². The van der Waals surface area contributed by atoms with Crippen LogP contribution in [0.2, 0.25) is 0 Å². The minimum Gasteiger partial charge on any atom is -0.347 e. The van der Waals surface area contributed by atoms with Gasteiger partial charge in [-0.05, 0) is 23.6 Å². The molecule has 1 aromatic rings. The van der Waals surface area contributed by atoms with Gasteiger partial charge in [0.25, 0.3) is 5.91 Å². The number of nitrogens with zero attached hydrogens (tertiary/aromatic N) is 2. The minimum absolute atomic E-state index is 0.114. The topological polar surface area (TPSA) is 59.1 Å². The molecule has 3 aliphatic rings. The van der Waals surface area contributed by atoms with Crippen LogP contribution in [0, 0.1) is 0 Å². The molecule has 0 bridgehead atoms. The first-order valence-electron chi connectivity index (χ1n) is 9.48. The highest BCUT2D eigenvalue weighted by Gasteiger charge is 2.47. The van der Waals surface area contributed by atoms with E-state index >= 15 is 0 Å². The molecule has 140 valence electrons. The van der Waals surface area contributed by atoms with E-state index < -0.39 is 5.79 Å². The normalized spacial score (nSPS) is 26.4. The van der Waals surface area contributed by atoms with Gasteiger partial charge in [-0.25, -0.2) is 4.90 Å². The van der Waals surface area contributed by atoms with Gasteiger partial charge in [-0.1, -0.05) is 26.0 Å². The Morgan fingerprint density at radius 2 is 1.65 bits per heavy atom. The van der Waals surface area contributed by atoms with E-state index in [0.717, 1.165) is 12.8 Å². The van der Waals surface area contributed by atoms with Crippen molar-refractivity contribution in [1.82, 2.24) is 4.90 Å². The van der Waals surface area contributed by atoms with Gasteiger partial charge in [-0.2, -0.15) is 0 Å². The highest BCUT2D eigenvalue weighted by molar-refractivity contribution is 6.22. The number of piperidine rings is 1. The third-order valence-electron chi connectivity index (χ3n) is 5.75. The molecule has 4 rings (SSSR count). The van der Waals surface area contributed by atoms with Crippen molar-refractivity contribution in [2.75, 3.05) is 31.2 Å². The lowest BCUT2D eigenvalue weighted by atomic mass is 10.0. The maximum Gasteiger partial charge on any atom is 0.251 e. The lowest BCUT2D eigenvalue weighted by Crippen LogP contribution is -2.51. The summed E-state index contributed by atoms with van der Waals surface area (Å²) in [5, 5.41) is 0. The van der Waals surface area contributed by atoms with Crippen LogP contribution in [0.25, 0.3) is 0 Å². The molecular formula is C20H26N2O4. The quantitative estimate of drug-likeness (QED) is 0.776. The van der Waals surface area contributed by atoms with E-state index in [1.165, 1.54) is 10.5 Å². The average molecular weight is 358 g/mol. The predicted molar refractivity (Wildman–Crippen MR) is 96.9 cm³/mol. The van der Waals surface area contributed by atoms with Gasteiger partial charge in [0.05, 0.1) is 31.4 Å². The summed E-state index contributed by atoms with van der Waals surface area (Å²) in [5.74, 6) is -0.279. The van der Waals surface area contributed by atoms with Crippen molar-refractivity contribution in [1.29, 1.82) is 0 Å². The second-order valence-corrected chi connectivity index (χ2v) is 7.68. The Bertz CT molecular complexity index is 684. The van der Waals surface area contributed by atoms with E-state index in [9.17, 15) is 9.59 Å². The Morgan fingerprint density at radius 1 is 1.04 bits per heavy atom. The Labute approximate surface area is 154 Å². The van der Waals surface area contributed by atoms with Gasteiger partial charge in [-0.15, -0.1) is 0 Å². The third kappa shape index (κ3) is 3.06. The highest BCUT2D eigenvalue weighted by Crippen LogP contribution is 2.34. The number of rotatable bonds is 3. The Kier molecular flexibility index (Phi) is 4.59. The average Bonchev–Trinajstić information content (AvgIpc) is 3.20. The molecule has 3 fully saturated rings. The molecular weight excluding hydrogens is 332 g/mol. The second-order valence-electron chi connectivity index (χ2n) is 7.68. The van der Waals surface area contributed by atoms with Crippen molar-refractivity contribution >= 4 is 17.5 Å². The van der Waals surface area contributed by atoms with Crippen LogP contribution in [0.3, 0.4) is 0 Å². The molecule has 0 aliphatic carbocycles. The number of amides is 2. The maximum absolute atomic E-state index is 12.9. The zero-order valence-corrected chi connectivity index (χ0v) is 15.4. The summed E-state index contributed by atoms with van der Waals surface area (Å²) in [6.07, 6.45) is 1.74. The lowest BCUT2D eigenvalue weighted by Gasteiger charge is -2.39. The summed E-state index contributed by atoms with van der Waals surface area (Å²) < 4.78 is 11.5. The number of likely N-dealkylation sites (tertiary alicyclic amines) is 1. The molecule has 0 saturated carbocycles. The van der Waals surface area contributed by atoms with Gasteiger partial charge < -0.3 is 9.47 Å². The Hall–Kier alpha value is -1.76. The number of anilines is 1. The van der Waals surface area contributed by atoms with E-state index in [1.807, 2.05) is 24.3 Å². The number of hydrogen-bond acceptors (Lipinski definition) is 5. The molecule has 0 aromatic heterocycles. The van der Waals surface area contributed by atoms with Gasteiger partial charge in [0, 0.05) is 25.9 Å². The predicted octanol–water partition coefficient (Wildman–Crippen LogP) is 2.28. The molecule has 0 unspecified atom stereocenters. The fourth-order valence-corrected chi connectivity index (χ4v) is 4.14. The second kappa shape index (κ2) is 6.76. The molecule has 0 radical (unpaired) electrons. The Balaban J connectivity index is 1.45. The van der Waals surface area contributed by atoms with E-state index in [-0.39, 0.29) is 24.3 Å². The summed E-state index contributed by atoms with van der Waals surface area (Å²) in [6, 6.07) is 7.37. The van der Waals surface area contributed by atoms with E-state index in [0.29, 0.717) is 37.9 Å². The van der Waals surface area contributed by atoms with Crippen LogP contribution in [0.5, 0.6) is 0 Å². The zero-order valence-electron chi connectivity index (χ0n) is 15.4. The summed E-state index contributed by atoms with van der Waals surface area (Å²) in [5.41, 5.74) is 1.87. The van der Waals surface area contributed by atoms with E-state index in [4.69, 9.17) is 9.47 Å². The van der Waals surface area contributed by atoms with Crippen molar-refractivity contribution in [2.45, 2.75) is 50.9 Å². The molecule has 1 spiro atoms. The van der Waals surface area contributed by atoms with Crippen LogP contribution in [0.1, 0.15) is 44.6 Å². The summed E-state index contributed by atoms with van der Waals surface area (Å²) in [7, 11) is 0. The smallest absolute Gasteiger partial charge is 0.251 e. The maximum atomic E-state index is 12.9. The molecule has 1 aromatic carbocycles. The molecule has 26 heavy (non-hydrogen) atoms. The third-order valence-corrected chi connectivity index (χ3v) is 5.75. The van der Waals surface area contributed by atoms with Crippen LogP contribution in [0.4, 0.5) is 5.69 Å². The standard InChI is InChI=1S/C20H26N2O4/c1-14(2)15-3-5-16(6-4-15)22-18(23)13-17(19(22)24)21-9-7-20(8-10-21)25-11-12-26-20/h3-6,14,17H,7-13H2,1-2H3/t17-/m1/s1. The van der Waals surface area contributed by atoms with Crippen molar-refractivity contribution in [3.05, 3.63) is 29.8 Å². The van der Waals surface area contributed by atoms with Gasteiger partial charge in [-0.3, -0.25) is 14.5 Å². The van der Waals surface area contributed by atoms with Gasteiger partial charge in [0.2, 0.25) is 5.91 Å². The number of ether oxygens (including phenoxy) is 2. The SMILES string of the molecule is CC(C)c1ccc(N2C(=O)C[C@@H](N3CCC4(CC3)OCCO4)C2=O)cc1. The van der Waals surface area contributed by atoms with E-state index in [1.54, 1.807) is 0 Å². The number of carbonyl (C=O) groups excluding carboxylic acids is 2. The number of imide groups is 1. The fourth-order valence-electron chi connectivity index (χ4n) is 4.14. The number of benzene rings is 1. The summed E-state index contributed by atoms with van der Waals surface area (Å²) in [4.78, 5) is 28.9. The lowest BCUT2D eigenvalue weighted by molar-refractivity contribution is -0.188. The van der Waals surface area contributed by atoms with Crippen LogP contribution in [-0.4, -0.2) is 54.8 Å². The highest BCUT2D eigenvalue weighted by atomic mass is 16.7. The van der Waals surface area contributed by atoms with Crippen molar-refractivity contribution in [3.8, 4) is 0 Å². The molecule has 1 atom stereocenters. The number of carbonyl (C=O) groups is 2. The van der Waals surface area contributed by atoms with Crippen molar-refractivity contribution in [3.63, 3.8) is 0 Å². The van der Waals surface area contributed by atoms with Gasteiger partial charge in [0.15, 0.2) is 5.79 Å². The van der Waals surface area contributed by atoms with Crippen LogP contribution >= 0.6 is 0 Å². The molecule has 3 heterocycles. The molecule has 3 aliphatic heterocycles. The zero-order chi connectivity index (χ0) is 18.3. The molecule has 6 nitrogen and oxygen atoms in total. The Morgan fingerprint density at radius 3 is 2.23 bits per heavy atom. The summed E-state index contributed by atoms with van der Waals surface area (Å²) in [6.45, 7) is 6.95. The fraction of sp³-hybridized carbons (Fsp3) is 0.600. The van der Waals surface area contributed by atoms with Crippen LogP contribution in [-0.2, 0) is 19.1 Å². The van der Waals surface area contributed by atoms with Crippen LogP contribution in [0.15, 0.2) is 24.3 Å². The molecule has 3 saturated heterocycles. The molecule has 6 heteroatoms. The largest absolute Gasteiger partial charge is 0.347 e. The van der Waals surface area contributed by atoms with Crippen molar-refractivity contribution in [2.24, 2.45) is 0 Å². The minimum atomic E-state index is -0.464. The van der Waals surface area contributed by atoms with Crippen molar-refractivity contribution < 1.29 is 19.1 Å². The molecule has 2 amide bonds. The first-order chi connectivity index (χ1) is 12.5. The first kappa shape index (κ1) is 17.6.